The fourth-order valence-corrected chi connectivity index (χ4v) is 4.36. The topological polar surface area (TPSA) is 61.1 Å². The molecule has 2 heterocycles. The van der Waals surface area contributed by atoms with Gasteiger partial charge in [0.1, 0.15) is 22.8 Å². The molecular weight excluding hydrogens is 418 g/mol. The highest BCUT2D eigenvalue weighted by molar-refractivity contribution is 5.86. The first-order valence-electron chi connectivity index (χ1n) is 10.8. The van der Waals surface area contributed by atoms with E-state index in [0.717, 1.165) is 39.3 Å². The molecule has 0 spiro atoms. The summed E-state index contributed by atoms with van der Waals surface area (Å²) in [6, 6.07) is 19.5. The third-order valence-corrected chi connectivity index (χ3v) is 6.19. The van der Waals surface area contributed by atoms with Crippen molar-refractivity contribution in [3.8, 4) is 17.2 Å². The quantitative estimate of drug-likeness (QED) is 0.402. The Kier molecular flexibility index (Phi) is 5.42. The Morgan fingerprint density at radius 3 is 2.58 bits per heavy atom. The number of methoxy groups -OCH3 is 2. The molecule has 1 aliphatic heterocycles. The van der Waals surface area contributed by atoms with E-state index in [1.165, 1.54) is 0 Å². The second-order valence-corrected chi connectivity index (χ2v) is 8.08. The maximum atomic E-state index is 13.0. The zero-order chi connectivity index (χ0) is 22.9. The molecule has 0 aliphatic carbocycles. The van der Waals surface area contributed by atoms with Gasteiger partial charge in [0.05, 0.1) is 32.0 Å². The van der Waals surface area contributed by atoms with E-state index in [0.29, 0.717) is 36.6 Å². The average Bonchev–Trinajstić information content (AvgIpc) is 2.86. The monoisotopic (exact) mass is 443 g/mol. The fraction of sp³-hybridized carbons (Fsp3) is 0.222. The zero-order valence-corrected chi connectivity index (χ0v) is 18.9. The third kappa shape index (κ3) is 3.78. The smallest absolute Gasteiger partial charge is 0.340 e. The van der Waals surface area contributed by atoms with Gasteiger partial charge in [-0.25, -0.2) is 4.79 Å². The minimum absolute atomic E-state index is 0.312. The molecule has 4 aromatic rings. The summed E-state index contributed by atoms with van der Waals surface area (Å²) >= 11 is 0. The van der Waals surface area contributed by atoms with Crippen LogP contribution < -0.4 is 24.7 Å². The van der Waals surface area contributed by atoms with Crippen LogP contribution in [-0.2, 0) is 13.0 Å². The summed E-state index contributed by atoms with van der Waals surface area (Å²) in [5.74, 6) is 2.16. The molecule has 0 saturated carbocycles. The minimum Gasteiger partial charge on any atom is -0.497 e. The van der Waals surface area contributed by atoms with Gasteiger partial charge in [0.2, 0.25) is 0 Å². The molecule has 0 amide bonds. The number of fused-ring (bicyclic) bond motifs is 3. The summed E-state index contributed by atoms with van der Waals surface area (Å²) in [5.41, 5.74) is 4.63. The van der Waals surface area contributed by atoms with Crippen LogP contribution in [0.25, 0.3) is 11.0 Å². The molecule has 0 unspecified atom stereocenters. The first kappa shape index (κ1) is 20.9. The van der Waals surface area contributed by atoms with Gasteiger partial charge in [-0.3, -0.25) is 0 Å². The number of hydrogen-bond acceptors (Lipinski definition) is 6. The molecular formula is C27H25NO5. The van der Waals surface area contributed by atoms with Crippen molar-refractivity contribution in [2.45, 2.75) is 19.9 Å². The van der Waals surface area contributed by atoms with E-state index in [2.05, 4.69) is 0 Å². The summed E-state index contributed by atoms with van der Waals surface area (Å²) < 4.78 is 22.9. The molecule has 5 rings (SSSR count). The zero-order valence-electron chi connectivity index (χ0n) is 18.9. The molecule has 0 bridgehead atoms. The highest BCUT2D eigenvalue weighted by Gasteiger charge is 2.25. The van der Waals surface area contributed by atoms with Gasteiger partial charge >= 0.3 is 5.63 Å². The van der Waals surface area contributed by atoms with E-state index in [1.807, 2.05) is 72.5 Å². The lowest BCUT2D eigenvalue weighted by molar-refractivity contribution is 0.286. The Morgan fingerprint density at radius 2 is 1.82 bits per heavy atom. The number of aryl methyl sites for hydroxylation is 1. The lowest BCUT2D eigenvalue weighted by Crippen LogP contribution is -2.32. The maximum absolute atomic E-state index is 13.0. The Bertz CT molecular complexity index is 1380. The van der Waals surface area contributed by atoms with Gasteiger partial charge in [-0.15, -0.1) is 0 Å². The van der Waals surface area contributed by atoms with Gasteiger partial charge in [-0.1, -0.05) is 30.3 Å². The Hall–Kier alpha value is -3.93. The lowest BCUT2D eigenvalue weighted by Gasteiger charge is -2.32. The van der Waals surface area contributed by atoms with Crippen molar-refractivity contribution in [3.05, 3.63) is 93.3 Å². The Labute approximate surface area is 191 Å². The van der Waals surface area contributed by atoms with Crippen molar-refractivity contribution >= 4 is 16.7 Å². The van der Waals surface area contributed by atoms with Crippen LogP contribution in [0.15, 0.2) is 69.9 Å². The number of nitrogens with zero attached hydrogens (tertiary/aromatic N) is 1. The van der Waals surface area contributed by atoms with E-state index in [-0.39, 0.29) is 5.63 Å². The molecule has 33 heavy (non-hydrogen) atoms. The number of ether oxygens (including phenoxy) is 3. The average molecular weight is 443 g/mol. The van der Waals surface area contributed by atoms with Gasteiger partial charge in [0, 0.05) is 23.4 Å². The van der Waals surface area contributed by atoms with Crippen LogP contribution >= 0.6 is 0 Å². The second kappa shape index (κ2) is 8.54. The molecule has 1 aliphatic rings. The molecule has 168 valence electrons. The highest BCUT2D eigenvalue weighted by atomic mass is 16.5. The molecule has 0 fully saturated rings. The highest BCUT2D eigenvalue weighted by Crippen LogP contribution is 2.39. The number of hydrogen-bond donors (Lipinski definition) is 0. The predicted molar refractivity (Wildman–Crippen MR) is 128 cm³/mol. The Morgan fingerprint density at radius 1 is 1.00 bits per heavy atom. The van der Waals surface area contributed by atoms with Gasteiger partial charge in [0.25, 0.3) is 0 Å². The molecule has 6 nitrogen and oxygen atoms in total. The minimum atomic E-state index is -0.312. The SMILES string of the molecule is COc1ccc(OC)c(N2COc3ccc4c(C)c(Cc5ccccc5)c(=O)oc4c3C2)c1. The van der Waals surface area contributed by atoms with E-state index in [9.17, 15) is 4.79 Å². The van der Waals surface area contributed by atoms with Gasteiger partial charge in [-0.2, -0.15) is 0 Å². The summed E-state index contributed by atoms with van der Waals surface area (Å²) in [4.78, 5) is 15.1. The number of rotatable bonds is 5. The molecule has 0 atom stereocenters. The van der Waals surface area contributed by atoms with Crippen molar-refractivity contribution < 1.29 is 18.6 Å². The van der Waals surface area contributed by atoms with Gasteiger partial charge in [0.15, 0.2) is 6.73 Å². The normalized spacial score (nSPS) is 12.9. The van der Waals surface area contributed by atoms with Crippen LogP contribution in [0.2, 0.25) is 0 Å². The molecule has 6 heteroatoms. The summed E-state index contributed by atoms with van der Waals surface area (Å²) in [6.45, 7) is 2.84. The van der Waals surface area contributed by atoms with Crippen molar-refractivity contribution in [3.63, 3.8) is 0 Å². The van der Waals surface area contributed by atoms with E-state index in [1.54, 1.807) is 14.2 Å². The van der Waals surface area contributed by atoms with Crippen molar-refractivity contribution in [1.29, 1.82) is 0 Å². The standard InChI is InChI=1S/C27H25NO5/c1-17-20-10-12-24-22(26(20)33-27(29)21(17)13-18-7-5-4-6-8-18)15-28(16-32-24)23-14-19(30-2)9-11-25(23)31-3/h4-12,14H,13,15-16H2,1-3H3. The maximum Gasteiger partial charge on any atom is 0.340 e. The molecule has 0 radical (unpaired) electrons. The number of benzene rings is 3. The van der Waals surface area contributed by atoms with Crippen LogP contribution in [0.3, 0.4) is 0 Å². The fourth-order valence-electron chi connectivity index (χ4n) is 4.36. The van der Waals surface area contributed by atoms with Crippen LogP contribution in [0.4, 0.5) is 5.69 Å². The van der Waals surface area contributed by atoms with Crippen molar-refractivity contribution in [2.75, 3.05) is 25.9 Å². The summed E-state index contributed by atoms with van der Waals surface area (Å²) in [5, 5.41) is 0.919. The van der Waals surface area contributed by atoms with Crippen LogP contribution in [0.1, 0.15) is 22.3 Å². The first-order valence-corrected chi connectivity index (χ1v) is 10.8. The van der Waals surface area contributed by atoms with E-state index in [4.69, 9.17) is 18.6 Å². The molecule has 3 aromatic carbocycles. The summed E-state index contributed by atoms with van der Waals surface area (Å²) in [7, 11) is 3.27. The second-order valence-electron chi connectivity index (χ2n) is 8.08. The molecule has 1 aromatic heterocycles. The van der Waals surface area contributed by atoms with Crippen LogP contribution in [0.5, 0.6) is 17.2 Å². The predicted octanol–water partition coefficient (Wildman–Crippen LogP) is 5.07. The lowest BCUT2D eigenvalue weighted by atomic mass is 9.97. The first-order chi connectivity index (χ1) is 16.1. The third-order valence-electron chi connectivity index (χ3n) is 6.19. The largest absolute Gasteiger partial charge is 0.497 e. The van der Waals surface area contributed by atoms with Crippen LogP contribution in [-0.4, -0.2) is 21.0 Å². The van der Waals surface area contributed by atoms with E-state index < -0.39 is 0 Å². The molecule has 0 saturated heterocycles. The Balaban J connectivity index is 1.58. The summed E-state index contributed by atoms with van der Waals surface area (Å²) in [6.07, 6.45) is 0.533. The van der Waals surface area contributed by atoms with E-state index >= 15 is 0 Å². The van der Waals surface area contributed by atoms with Crippen molar-refractivity contribution in [2.24, 2.45) is 0 Å². The van der Waals surface area contributed by atoms with Crippen LogP contribution in [0, 0.1) is 6.92 Å². The van der Waals surface area contributed by atoms with Gasteiger partial charge < -0.3 is 23.5 Å². The van der Waals surface area contributed by atoms with Crippen molar-refractivity contribution in [1.82, 2.24) is 0 Å². The van der Waals surface area contributed by atoms with Gasteiger partial charge in [-0.05, 0) is 42.3 Å². The molecule has 0 N–H and O–H groups in total. The number of anilines is 1.